The number of hydrogen-bond donors (Lipinski definition) is 2. The molecule has 26 heavy (non-hydrogen) atoms. The second-order valence-electron chi connectivity index (χ2n) is 7.17. The summed E-state index contributed by atoms with van der Waals surface area (Å²) in [5.41, 5.74) is 1.10. The minimum Gasteiger partial charge on any atom is -0.353 e. The van der Waals surface area contributed by atoms with Crippen molar-refractivity contribution in [3.63, 3.8) is 0 Å². The molecule has 1 aromatic carbocycles. The number of rotatable bonds is 5. The average molecular weight is 380 g/mol. The van der Waals surface area contributed by atoms with Crippen molar-refractivity contribution >= 4 is 24.2 Å². The lowest BCUT2D eigenvalue weighted by atomic mass is 9.93. The van der Waals surface area contributed by atoms with E-state index in [2.05, 4.69) is 17.6 Å². The van der Waals surface area contributed by atoms with Crippen molar-refractivity contribution in [3.8, 4) is 0 Å². The summed E-state index contributed by atoms with van der Waals surface area (Å²) in [5, 5.41) is 6.41. The van der Waals surface area contributed by atoms with Gasteiger partial charge in [0.2, 0.25) is 11.8 Å². The third-order valence-corrected chi connectivity index (χ3v) is 5.49. The average Bonchev–Trinajstić information content (AvgIpc) is 3.19. The van der Waals surface area contributed by atoms with Crippen LogP contribution in [-0.4, -0.2) is 48.9 Å². The summed E-state index contributed by atoms with van der Waals surface area (Å²) in [4.78, 5) is 27.1. The molecule has 2 N–H and O–H groups in total. The summed E-state index contributed by atoms with van der Waals surface area (Å²) in [6, 6.07) is 10.2. The second kappa shape index (κ2) is 9.93. The summed E-state index contributed by atoms with van der Waals surface area (Å²) in [6.07, 6.45) is 3.44. The van der Waals surface area contributed by atoms with Gasteiger partial charge in [-0.05, 0) is 37.8 Å². The Labute approximate surface area is 162 Å². The maximum absolute atomic E-state index is 12.9. The SMILES string of the molecule is CCC(C(=O)N1CCC(NC(=O)C2CCNC2)CC1)c1ccccc1.Cl. The molecule has 2 saturated heterocycles. The summed E-state index contributed by atoms with van der Waals surface area (Å²) >= 11 is 0. The van der Waals surface area contributed by atoms with Crippen LogP contribution in [0.15, 0.2) is 30.3 Å². The first-order valence-electron chi connectivity index (χ1n) is 9.54. The Morgan fingerprint density at radius 3 is 2.46 bits per heavy atom. The number of halogens is 1. The predicted molar refractivity (Wildman–Crippen MR) is 105 cm³/mol. The van der Waals surface area contributed by atoms with E-state index in [1.165, 1.54) is 0 Å². The largest absolute Gasteiger partial charge is 0.353 e. The Morgan fingerprint density at radius 2 is 1.88 bits per heavy atom. The van der Waals surface area contributed by atoms with Crippen molar-refractivity contribution in [2.45, 2.75) is 44.6 Å². The van der Waals surface area contributed by atoms with Gasteiger partial charge in [-0.3, -0.25) is 9.59 Å². The van der Waals surface area contributed by atoms with Crippen LogP contribution >= 0.6 is 12.4 Å². The van der Waals surface area contributed by atoms with Gasteiger partial charge in [0, 0.05) is 25.7 Å². The van der Waals surface area contributed by atoms with Gasteiger partial charge in [0.1, 0.15) is 0 Å². The second-order valence-corrected chi connectivity index (χ2v) is 7.17. The standard InChI is InChI=1S/C20H29N3O2.ClH/c1-2-18(15-6-4-3-5-7-15)20(25)23-12-9-17(10-13-23)22-19(24)16-8-11-21-14-16;/h3-7,16-18,21H,2,8-14H2,1H3,(H,22,24);1H. The molecule has 0 bridgehead atoms. The van der Waals surface area contributed by atoms with Gasteiger partial charge in [0.25, 0.3) is 0 Å². The predicted octanol–water partition coefficient (Wildman–Crippen LogP) is 2.32. The number of benzene rings is 1. The molecule has 0 aliphatic carbocycles. The number of hydrogen-bond acceptors (Lipinski definition) is 3. The molecule has 0 spiro atoms. The van der Waals surface area contributed by atoms with Gasteiger partial charge >= 0.3 is 0 Å². The fraction of sp³-hybridized carbons (Fsp3) is 0.600. The first kappa shape index (κ1) is 20.7. The van der Waals surface area contributed by atoms with Gasteiger partial charge in [0.15, 0.2) is 0 Å². The smallest absolute Gasteiger partial charge is 0.230 e. The Balaban J connectivity index is 0.00000243. The molecule has 5 nitrogen and oxygen atoms in total. The van der Waals surface area contributed by atoms with Crippen LogP contribution in [0.3, 0.4) is 0 Å². The summed E-state index contributed by atoms with van der Waals surface area (Å²) < 4.78 is 0. The van der Waals surface area contributed by atoms with Gasteiger partial charge in [-0.2, -0.15) is 0 Å². The van der Waals surface area contributed by atoms with Crippen LogP contribution in [0.2, 0.25) is 0 Å². The maximum Gasteiger partial charge on any atom is 0.230 e. The normalized spacial score (nSPS) is 21.7. The van der Waals surface area contributed by atoms with Crippen molar-refractivity contribution in [2.75, 3.05) is 26.2 Å². The van der Waals surface area contributed by atoms with E-state index in [9.17, 15) is 9.59 Å². The van der Waals surface area contributed by atoms with Gasteiger partial charge in [0.05, 0.1) is 11.8 Å². The Morgan fingerprint density at radius 1 is 1.19 bits per heavy atom. The van der Waals surface area contributed by atoms with Gasteiger partial charge in [-0.1, -0.05) is 37.3 Å². The molecule has 2 unspecified atom stereocenters. The Bertz CT molecular complexity index is 582. The van der Waals surface area contributed by atoms with E-state index in [1.54, 1.807) is 0 Å². The molecule has 0 aromatic heterocycles. The number of piperidine rings is 1. The van der Waals surface area contributed by atoms with E-state index in [1.807, 2.05) is 35.2 Å². The minimum atomic E-state index is -0.0584. The Hall–Kier alpha value is -1.59. The van der Waals surface area contributed by atoms with E-state index in [0.29, 0.717) is 0 Å². The van der Waals surface area contributed by atoms with Crippen LogP contribution in [0.1, 0.15) is 44.1 Å². The van der Waals surface area contributed by atoms with Crippen LogP contribution in [0.4, 0.5) is 0 Å². The van der Waals surface area contributed by atoms with Crippen LogP contribution in [0, 0.1) is 5.92 Å². The summed E-state index contributed by atoms with van der Waals surface area (Å²) in [6.45, 7) is 5.26. The fourth-order valence-corrected chi connectivity index (χ4v) is 3.90. The van der Waals surface area contributed by atoms with E-state index in [-0.39, 0.29) is 42.1 Å². The maximum atomic E-state index is 12.9. The zero-order valence-corrected chi connectivity index (χ0v) is 16.3. The topological polar surface area (TPSA) is 61.4 Å². The quantitative estimate of drug-likeness (QED) is 0.825. The first-order chi connectivity index (χ1) is 12.2. The molecule has 3 rings (SSSR count). The molecule has 2 atom stereocenters. The summed E-state index contributed by atoms with van der Waals surface area (Å²) in [5.74, 6) is 0.447. The van der Waals surface area contributed by atoms with Crippen molar-refractivity contribution in [1.29, 1.82) is 0 Å². The van der Waals surface area contributed by atoms with E-state index >= 15 is 0 Å². The highest BCUT2D eigenvalue weighted by Crippen LogP contribution is 2.24. The highest BCUT2D eigenvalue weighted by atomic mass is 35.5. The number of nitrogens with one attached hydrogen (secondary N) is 2. The van der Waals surface area contributed by atoms with Gasteiger partial charge in [-0.25, -0.2) is 0 Å². The lowest BCUT2D eigenvalue weighted by Gasteiger charge is -2.35. The summed E-state index contributed by atoms with van der Waals surface area (Å²) in [7, 11) is 0. The molecule has 0 saturated carbocycles. The molecule has 2 aliphatic rings. The van der Waals surface area contributed by atoms with Gasteiger partial charge < -0.3 is 15.5 Å². The van der Waals surface area contributed by atoms with Crippen LogP contribution in [-0.2, 0) is 9.59 Å². The lowest BCUT2D eigenvalue weighted by molar-refractivity contribution is -0.134. The minimum absolute atomic E-state index is 0. The Kier molecular flexibility index (Phi) is 7.91. The number of carbonyl (C=O) groups excluding carboxylic acids is 2. The number of nitrogens with zero attached hydrogens (tertiary/aromatic N) is 1. The highest BCUT2D eigenvalue weighted by molar-refractivity contribution is 5.85. The molecule has 2 fully saturated rings. The van der Waals surface area contributed by atoms with Crippen molar-refractivity contribution in [1.82, 2.24) is 15.5 Å². The third-order valence-electron chi connectivity index (χ3n) is 5.49. The molecule has 2 aliphatic heterocycles. The zero-order chi connectivity index (χ0) is 17.6. The number of likely N-dealkylation sites (tertiary alicyclic amines) is 1. The first-order valence-corrected chi connectivity index (χ1v) is 9.54. The highest BCUT2D eigenvalue weighted by Gasteiger charge is 2.30. The third kappa shape index (κ3) is 4.98. The van der Waals surface area contributed by atoms with E-state index in [4.69, 9.17) is 0 Å². The molecule has 6 heteroatoms. The van der Waals surface area contributed by atoms with Gasteiger partial charge in [-0.15, -0.1) is 12.4 Å². The van der Waals surface area contributed by atoms with Crippen LogP contribution in [0.5, 0.6) is 0 Å². The molecule has 1 aromatic rings. The van der Waals surface area contributed by atoms with Crippen molar-refractivity contribution < 1.29 is 9.59 Å². The molecule has 2 heterocycles. The molecular weight excluding hydrogens is 350 g/mol. The number of amides is 2. The lowest BCUT2D eigenvalue weighted by Crippen LogP contribution is -2.49. The zero-order valence-electron chi connectivity index (χ0n) is 15.4. The van der Waals surface area contributed by atoms with Crippen molar-refractivity contribution in [2.24, 2.45) is 5.92 Å². The fourth-order valence-electron chi connectivity index (χ4n) is 3.90. The van der Waals surface area contributed by atoms with Crippen LogP contribution < -0.4 is 10.6 Å². The van der Waals surface area contributed by atoms with E-state index in [0.717, 1.165) is 57.4 Å². The van der Waals surface area contributed by atoms with Crippen molar-refractivity contribution in [3.05, 3.63) is 35.9 Å². The molecule has 2 amide bonds. The van der Waals surface area contributed by atoms with Crippen LogP contribution in [0.25, 0.3) is 0 Å². The monoisotopic (exact) mass is 379 g/mol. The molecular formula is C20H30ClN3O2. The molecule has 144 valence electrons. The number of carbonyl (C=O) groups is 2. The van der Waals surface area contributed by atoms with E-state index < -0.39 is 0 Å². The molecule has 0 radical (unpaired) electrons.